The van der Waals surface area contributed by atoms with E-state index in [-0.39, 0.29) is 17.6 Å². The molecule has 0 fully saturated rings. The van der Waals surface area contributed by atoms with E-state index >= 15 is 0 Å². The quantitative estimate of drug-likeness (QED) is 0.346. The number of nitrogens with zero attached hydrogens (tertiary/aromatic N) is 1. The van der Waals surface area contributed by atoms with Crippen molar-refractivity contribution in [1.29, 1.82) is 0 Å². The molecule has 0 radical (unpaired) electrons. The van der Waals surface area contributed by atoms with Gasteiger partial charge in [0.1, 0.15) is 11.6 Å². The summed E-state index contributed by atoms with van der Waals surface area (Å²) < 4.78 is 13.2. The van der Waals surface area contributed by atoms with Gasteiger partial charge in [-0.3, -0.25) is 9.59 Å². The van der Waals surface area contributed by atoms with Crippen molar-refractivity contribution in [3.63, 3.8) is 0 Å². The van der Waals surface area contributed by atoms with Crippen LogP contribution in [-0.2, 0) is 6.42 Å². The van der Waals surface area contributed by atoms with E-state index in [1.54, 1.807) is 12.3 Å². The molecule has 4 aromatic rings. The number of aromatic amines is 1. The summed E-state index contributed by atoms with van der Waals surface area (Å²) in [4.78, 5) is 33.3. The van der Waals surface area contributed by atoms with Crippen molar-refractivity contribution in [2.24, 2.45) is 5.92 Å². The maximum absolute atomic E-state index is 13.2. The summed E-state index contributed by atoms with van der Waals surface area (Å²) in [6, 6.07) is 18.6. The summed E-state index contributed by atoms with van der Waals surface area (Å²) in [5.41, 5.74) is 5.05. The minimum Gasteiger partial charge on any atom is -0.356 e. The highest BCUT2D eigenvalue weighted by Gasteiger charge is 2.30. The molecule has 1 unspecified atom stereocenters. The number of amides is 1. The molecule has 0 spiro atoms. The van der Waals surface area contributed by atoms with Gasteiger partial charge in [-0.15, -0.1) is 0 Å². The summed E-state index contributed by atoms with van der Waals surface area (Å²) in [7, 11) is 0. The average Bonchev–Trinajstić information content (AvgIpc) is 3.18. The van der Waals surface area contributed by atoms with Gasteiger partial charge in [0.2, 0.25) is 0 Å². The van der Waals surface area contributed by atoms with Gasteiger partial charge in [-0.1, -0.05) is 25.1 Å². The van der Waals surface area contributed by atoms with Crippen molar-refractivity contribution in [1.82, 2.24) is 9.97 Å². The van der Waals surface area contributed by atoms with Crippen molar-refractivity contribution in [2.45, 2.75) is 19.8 Å². The number of H-pyrrole nitrogens is 1. The number of carbonyl (C=O) groups is 2. The molecular weight excluding hydrogens is 431 g/mol. The van der Waals surface area contributed by atoms with Crippen molar-refractivity contribution >= 4 is 28.9 Å². The molecule has 2 aromatic heterocycles. The van der Waals surface area contributed by atoms with Crippen LogP contribution in [0.1, 0.15) is 39.8 Å². The smallest absolute Gasteiger partial charge is 0.256 e. The minimum absolute atomic E-state index is 0.105. The Balaban J connectivity index is 1.52. The first kappa shape index (κ1) is 21.6. The van der Waals surface area contributed by atoms with Gasteiger partial charge in [-0.2, -0.15) is 0 Å². The predicted octanol–water partition coefficient (Wildman–Crippen LogP) is 5.98. The monoisotopic (exact) mass is 454 g/mol. The second-order valence-electron chi connectivity index (χ2n) is 8.55. The molecule has 34 heavy (non-hydrogen) atoms. The van der Waals surface area contributed by atoms with Crippen LogP contribution in [0.3, 0.4) is 0 Å². The first-order chi connectivity index (χ1) is 16.5. The lowest BCUT2D eigenvalue weighted by Gasteiger charge is -2.18. The molecule has 5 rings (SSSR count). The zero-order chi connectivity index (χ0) is 23.7. The molecule has 6 nitrogen and oxygen atoms in total. The highest BCUT2D eigenvalue weighted by atomic mass is 19.1. The van der Waals surface area contributed by atoms with Crippen molar-refractivity contribution in [2.75, 3.05) is 10.6 Å². The number of pyridine rings is 1. The van der Waals surface area contributed by atoms with E-state index < -0.39 is 5.82 Å². The van der Waals surface area contributed by atoms with Crippen LogP contribution in [0.2, 0.25) is 0 Å². The maximum Gasteiger partial charge on any atom is 0.256 e. The molecule has 0 bridgehead atoms. The molecule has 1 aliphatic carbocycles. The maximum atomic E-state index is 13.2. The third kappa shape index (κ3) is 4.32. The van der Waals surface area contributed by atoms with Crippen LogP contribution in [0.15, 0.2) is 72.9 Å². The van der Waals surface area contributed by atoms with Crippen molar-refractivity contribution in [3.05, 3.63) is 95.6 Å². The average molecular weight is 455 g/mol. The third-order valence-electron chi connectivity index (χ3n) is 5.88. The molecular formula is C27H23FN4O2. The standard InChI is InChI=1S/C27H23FN4O2/c1-16-13-21-24(22(33)14-16)26(30-20-5-3-2-4-6-20)25(31-21)18-11-12-29-23(15-18)32-27(34)17-7-9-19(28)10-8-17/h2-12,15-16,30-31H,13-14H2,1H3,(H,29,32,34). The van der Waals surface area contributed by atoms with Crippen LogP contribution in [0, 0.1) is 11.7 Å². The number of anilines is 3. The normalized spacial score (nSPS) is 15.0. The van der Waals surface area contributed by atoms with Gasteiger partial charge in [0.15, 0.2) is 5.78 Å². The third-order valence-corrected chi connectivity index (χ3v) is 5.88. The van der Waals surface area contributed by atoms with E-state index in [0.717, 1.165) is 34.7 Å². The molecule has 2 aromatic carbocycles. The number of hydrogen-bond acceptors (Lipinski definition) is 4. The number of carbonyl (C=O) groups excluding carboxylic acids is 2. The van der Waals surface area contributed by atoms with Crippen LogP contribution in [0.25, 0.3) is 11.3 Å². The lowest BCUT2D eigenvalue weighted by Crippen LogP contribution is -2.17. The van der Waals surface area contributed by atoms with Gasteiger partial charge in [0, 0.05) is 35.1 Å². The van der Waals surface area contributed by atoms with Crippen LogP contribution >= 0.6 is 0 Å². The summed E-state index contributed by atoms with van der Waals surface area (Å²) >= 11 is 0. The van der Waals surface area contributed by atoms with E-state index in [9.17, 15) is 14.0 Å². The zero-order valence-corrected chi connectivity index (χ0v) is 18.6. The largest absolute Gasteiger partial charge is 0.356 e. The molecule has 170 valence electrons. The SMILES string of the molecule is CC1CC(=O)c2c([nH]c(-c3ccnc(NC(=O)c4ccc(F)cc4)c3)c2Nc2ccccc2)C1. The Hall–Kier alpha value is -4.26. The first-order valence-corrected chi connectivity index (χ1v) is 11.1. The highest BCUT2D eigenvalue weighted by Crippen LogP contribution is 2.40. The lowest BCUT2D eigenvalue weighted by atomic mass is 9.87. The van der Waals surface area contributed by atoms with Gasteiger partial charge in [0.05, 0.1) is 16.9 Å². The zero-order valence-electron chi connectivity index (χ0n) is 18.6. The fourth-order valence-electron chi connectivity index (χ4n) is 4.30. The van der Waals surface area contributed by atoms with Gasteiger partial charge in [-0.05, 0) is 60.9 Å². The summed E-state index contributed by atoms with van der Waals surface area (Å²) in [5.74, 6) is -0.0749. The Morgan fingerprint density at radius 3 is 2.59 bits per heavy atom. The summed E-state index contributed by atoms with van der Waals surface area (Å²) in [5, 5.41) is 6.18. The van der Waals surface area contributed by atoms with Crippen LogP contribution in [0.4, 0.5) is 21.6 Å². The van der Waals surface area contributed by atoms with Crippen LogP contribution < -0.4 is 10.6 Å². The summed E-state index contributed by atoms with van der Waals surface area (Å²) in [6.45, 7) is 2.07. The van der Waals surface area contributed by atoms with Gasteiger partial charge < -0.3 is 15.6 Å². The topological polar surface area (TPSA) is 86.9 Å². The number of rotatable bonds is 5. The fraction of sp³-hybridized carbons (Fsp3) is 0.148. The van der Waals surface area contributed by atoms with Crippen molar-refractivity contribution in [3.8, 4) is 11.3 Å². The molecule has 1 atom stereocenters. The van der Waals surface area contributed by atoms with Crippen molar-refractivity contribution < 1.29 is 14.0 Å². The number of para-hydroxylation sites is 1. The Labute approximate surface area is 196 Å². The summed E-state index contributed by atoms with van der Waals surface area (Å²) in [6.07, 6.45) is 2.89. The number of benzene rings is 2. The molecule has 1 amide bonds. The molecule has 0 saturated heterocycles. The number of nitrogens with one attached hydrogen (secondary N) is 3. The molecule has 0 aliphatic heterocycles. The fourth-order valence-corrected chi connectivity index (χ4v) is 4.30. The van der Waals surface area contributed by atoms with E-state index in [1.807, 2.05) is 36.4 Å². The number of ketones is 1. The number of fused-ring (bicyclic) bond motifs is 1. The van der Waals surface area contributed by atoms with E-state index in [2.05, 4.69) is 27.5 Å². The molecule has 7 heteroatoms. The number of hydrogen-bond donors (Lipinski definition) is 3. The number of aromatic nitrogens is 2. The first-order valence-electron chi connectivity index (χ1n) is 11.1. The number of Topliss-reactive ketones (excluding diaryl/α,β-unsaturated/α-hetero) is 1. The second-order valence-corrected chi connectivity index (χ2v) is 8.55. The lowest BCUT2D eigenvalue weighted by molar-refractivity contribution is 0.0953. The Kier molecular flexibility index (Phi) is 5.67. The second kappa shape index (κ2) is 8.94. The minimum atomic E-state index is -0.408. The predicted molar refractivity (Wildman–Crippen MR) is 130 cm³/mol. The van der Waals surface area contributed by atoms with E-state index in [1.165, 1.54) is 24.3 Å². The van der Waals surface area contributed by atoms with E-state index in [0.29, 0.717) is 23.4 Å². The van der Waals surface area contributed by atoms with E-state index in [4.69, 9.17) is 0 Å². The molecule has 2 heterocycles. The number of halogens is 1. The van der Waals surface area contributed by atoms with Gasteiger partial charge >= 0.3 is 0 Å². The molecule has 3 N–H and O–H groups in total. The van der Waals surface area contributed by atoms with Gasteiger partial charge in [-0.25, -0.2) is 9.37 Å². The molecule has 0 saturated carbocycles. The highest BCUT2D eigenvalue weighted by molar-refractivity contribution is 6.08. The Morgan fingerprint density at radius 2 is 1.82 bits per heavy atom. The molecule has 1 aliphatic rings. The van der Waals surface area contributed by atoms with Gasteiger partial charge in [0.25, 0.3) is 5.91 Å². The van der Waals surface area contributed by atoms with Crippen LogP contribution in [-0.4, -0.2) is 21.7 Å². The van der Waals surface area contributed by atoms with Crippen LogP contribution in [0.5, 0.6) is 0 Å². The Bertz CT molecular complexity index is 1360. The Morgan fingerprint density at radius 1 is 1.06 bits per heavy atom.